The first kappa shape index (κ1) is 23.0. The van der Waals surface area contributed by atoms with Crippen LogP contribution in [-0.2, 0) is 19.1 Å². The molecule has 0 atom stereocenters. The second-order valence-corrected chi connectivity index (χ2v) is 8.97. The molecule has 172 valence electrons. The van der Waals surface area contributed by atoms with Gasteiger partial charge in [-0.2, -0.15) is 13.2 Å². The molecule has 0 radical (unpaired) electrons. The van der Waals surface area contributed by atoms with Crippen molar-refractivity contribution in [1.29, 1.82) is 0 Å². The molecular formula is C24H27ClF3N3O. The number of aromatic hydroxyl groups is 1. The van der Waals surface area contributed by atoms with Crippen LogP contribution in [0.1, 0.15) is 23.1 Å². The van der Waals surface area contributed by atoms with Crippen LogP contribution in [0.4, 0.5) is 13.2 Å². The van der Waals surface area contributed by atoms with Gasteiger partial charge in [-0.05, 0) is 61.8 Å². The molecule has 3 aromatic rings. The van der Waals surface area contributed by atoms with E-state index in [0.717, 1.165) is 68.6 Å². The van der Waals surface area contributed by atoms with Gasteiger partial charge in [0, 0.05) is 37.8 Å². The Kier molecular flexibility index (Phi) is 6.70. The molecular weight excluding hydrogens is 439 g/mol. The van der Waals surface area contributed by atoms with E-state index in [9.17, 15) is 18.3 Å². The molecule has 0 saturated carbocycles. The van der Waals surface area contributed by atoms with Crippen molar-refractivity contribution in [2.24, 2.45) is 0 Å². The van der Waals surface area contributed by atoms with Crippen LogP contribution in [0.15, 0.2) is 42.6 Å². The molecule has 32 heavy (non-hydrogen) atoms. The summed E-state index contributed by atoms with van der Waals surface area (Å²) in [5.41, 5.74) is 1.09. The molecule has 2 aromatic carbocycles. The van der Waals surface area contributed by atoms with Crippen molar-refractivity contribution < 1.29 is 18.3 Å². The van der Waals surface area contributed by atoms with Gasteiger partial charge in [0.2, 0.25) is 5.88 Å². The third-order valence-electron chi connectivity index (χ3n) is 6.14. The standard InChI is InChI=1S/C24H27ClF3N3O/c1-29-9-11-30(12-10-29)8-2-3-18-13-19-16-31(23(32)22(19)21(25)14-18)15-17-4-6-20(7-5-17)24(26,27)28/h4-7,13-14,16,32H,2-3,8-12,15H2,1H3. The van der Waals surface area contributed by atoms with Gasteiger partial charge in [0.1, 0.15) is 0 Å². The van der Waals surface area contributed by atoms with Crippen molar-refractivity contribution in [3.63, 3.8) is 0 Å². The summed E-state index contributed by atoms with van der Waals surface area (Å²) in [6.45, 7) is 5.69. The quantitative estimate of drug-likeness (QED) is 0.539. The van der Waals surface area contributed by atoms with Crippen molar-refractivity contribution in [2.75, 3.05) is 39.8 Å². The summed E-state index contributed by atoms with van der Waals surface area (Å²) >= 11 is 6.48. The molecule has 0 amide bonds. The van der Waals surface area contributed by atoms with Crippen LogP contribution < -0.4 is 0 Å². The zero-order valence-electron chi connectivity index (χ0n) is 18.0. The van der Waals surface area contributed by atoms with Crippen LogP contribution in [-0.4, -0.2) is 59.2 Å². The molecule has 8 heteroatoms. The molecule has 1 aliphatic rings. The number of piperazine rings is 1. The number of fused-ring (bicyclic) bond motifs is 1. The predicted octanol–water partition coefficient (Wildman–Crippen LogP) is 5.25. The van der Waals surface area contributed by atoms with Crippen LogP contribution in [0.25, 0.3) is 10.8 Å². The minimum absolute atomic E-state index is 0.0221. The van der Waals surface area contributed by atoms with Crippen LogP contribution in [0.2, 0.25) is 5.02 Å². The third-order valence-corrected chi connectivity index (χ3v) is 6.44. The van der Waals surface area contributed by atoms with Crippen LogP contribution in [0.3, 0.4) is 0 Å². The van der Waals surface area contributed by atoms with Gasteiger partial charge in [0.25, 0.3) is 0 Å². The number of aryl methyl sites for hydroxylation is 1. The maximum absolute atomic E-state index is 12.8. The molecule has 0 unspecified atom stereocenters. The normalized spacial score (nSPS) is 16.2. The molecule has 1 fully saturated rings. The Balaban J connectivity index is 1.45. The highest BCUT2D eigenvalue weighted by Crippen LogP contribution is 2.35. The van der Waals surface area contributed by atoms with Crippen LogP contribution >= 0.6 is 11.6 Å². The molecule has 1 aliphatic heterocycles. The summed E-state index contributed by atoms with van der Waals surface area (Å²) in [7, 11) is 2.15. The first-order valence-corrected chi connectivity index (χ1v) is 11.2. The molecule has 1 N–H and O–H groups in total. The highest BCUT2D eigenvalue weighted by atomic mass is 35.5. The van der Waals surface area contributed by atoms with Gasteiger partial charge in [0.15, 0.2) is 0 Å². The molecule has 0 bridgehead atoms. The van der Waals surface area contributed by atoms with Gasteiger partial charge in [-0.15, -0.1) is 0 Å². The van der Waals surface area contributed by atoms with Gasteiger partial charge in [-0.3, -0.25) is 0 Å². The van der Waals surface area contributed by atoms with Gasteiger partial charge in [-0.25, -0.2) is 0 Å². The lowest BCUT2D eigenvalue weighted by Gasteiger charge is -2.32. The second kappa shape index (κ2) is 9.33. The second-order valence-electron chi connectivity index (χ2n) is 8.57. The summed E-state index contributed by atoms with van der Waals surface area (Å²) in [6, 6.07) is 8.91. The predicted molar refractivity (Wildman–Crippen MR) is 121 cm³/mol. The van der Waals surface area contributed by atoms with Gasteiger partial charge in [0.05, 0.1) is 22.5 Å². The summed E-state index contributed by atoms with van der Waals surface area (Å²) in [6.07, 6.45) is -0.633. The Morgan fingerprint density at radius 1 is 1.00 bits per heavy atom. The summed E-state index contributed by atoms with van der Waals surface area (Å²) in [5.74, 6) is 0.0221. The van der Waals surface area contributed by atoms with Crippen molar-refractivity contribution in [2.45, 2.75) is 25.6 Å². The van der Waals surface area contributed by atoms with Crippen molar-refractivity contribution >= 4 is 22.4 Å². The summed E-state index contributed by atoms with van der Waals surface area (Å²) < 4.78 is 40.0. The molecule has 0 spiro atoms. The van der Waals surface area contributed by atoms with E-state index in [1.165, 1.54) is 12.1 Å². The van der Waals surface area contributed by atoms with E-state index in [-0.39, 0.29) is 12.4 Å². The number of likely N-dealkylation sites (N-methyl/N-ethyl adjacent to an activating group) is 1. The van der Waals surface area contributed by atoms with Gasteiger partial charge >= 0.3 is 6.18 Å². The Morgan fingerprint density at radius 3 is 2.34 bits per heavy atom. The average molecular weight is 466 g/mol. The third kappa shape index (κ3) is 5.22. The Morgan fingerprint density at radius 2 is 1.69 bits per heavy atom. The minimum Gasteiger partial charge on any atom is -0.494 e. The molecule has 0 aliphatic carbocycles. The fourth-order valence-electron chi connectivity index (χ4n) is 4.24. The zero-order valence-corrected chi connectivity index (χ0v) is 18.8. The number of hydrogen-bond donors (Lipinski definition) is 1. The van der Waals surface area contributed by atoms with Crippen molar-refractivity contribution in [3.05, 3.63) is 64.3 Å². The number of nitrogens with zero attached hydrogens (tertiary/aromatic N) is 3. The molecule has 2 heterocycles. The first-order chi connectivity index (χ1) is 15.2. The maximum atomic E-state index is 12.8. The number of hydrogen-bond acceptors (Lipinski definition) is 3. The van der Waals surface area contributed by atoms with Crippen molar-refractivity contribution in [1.82, 2.24) is 14.4 Å². The summed E-state index contributed by atoms with van der Waals surface area (Å²) in [4.78, 5) is 4.82. The fraction of sp³-hybridized carbons (Fsp3) is 0.417. The Labute approximate surface area is 190 Å². The summed E-state index contributed by atoms with van der Waals surface area (Å²) in [5, 5.41) is 12.5. The van der Waals surface area contributed by atoms with E-state index in [0.29, 0.717) is 16.0 Å². The molecule has 1 saturated heterocycles. The molecule has 4 nitrogen and oxygen atoms in total. The number of alkyl halides is 3. The highest BCUT2D eigenvalue weighted by molar-refractivity contribution is 6.36. The van der Waals surface area contributed by atoms with Crippen LogP contribution in [0, 0.1) is 0 Å². The fourth-order valence-corrected chi connectivity index (χ4v) is 4.57. The Bertz CT molecular complexity index is 1070. The largest absolute Gasteiger partial charge is 0.494 e. The lowest BCUT2D eigenvalue weighted by Crippen LogP contribution is -2.44. The van der Waals surface area contributed by atoms with E-state index >= 15 is 0 Å². The lowest BCUT2D eigenvalue weighted by molar-refractivity contribution is -0.137. The SMILES string of the molecule is CN1CCN(CCCc2cc(Cl)c3c(O)n(Cc4ccc(C(F)(F)F)cc4)cc3c2)CC1. The average Bonchev–Trinajstić information content (AvgIpc) is 3.05. The smallest absolute Gasteiger partial charge is 0.416 e. The van der Waals surface area contributed by atoms with E-state index in [1.54, 1.807) is 10.8 Å². The van der Waals surface area contributed by atoms with E-state index in [4.69, 9.17) is 11.6 Å². The van der Waals surface area contributed by atoms with Gasteiger partial charge < -0.3 is 19.5 Å². The number of benzene rings is 2. The van der Waals surface area contributed by atoms with E-state index < -0.39 is 11.7 Å². The molecule has 1 aromatic heterocycles. The van der Waals surface area contributed by atoms with Gasteiger partial charge in [-0.1, -0.05) is 23.7 Å². The van der Waals surface area contributed by atoms with Crippen LogP contribution in [0.5, 0.6) is 5.88 Å². The van der Waals surface area contributed by atoms with Crippen molar-refractivity contribution in [3.8, 4) is 5.88 Å². The van der Waals surface area contributed by atoms with E-state index in [2.05, 4.69) is 16.8 Å². The minimum atomic E-state index is -4.36. The number of rotatable bonds is 6. The topological polar surface area (TPSA) is 31.6 Å². The first-order valence-electron chi connectivity index (χ1n) is 10.8. The number of aromatic nitrogens is 1. The molecule has 4 rings (SSSR count). The highest BCUT2D eigenvalue weighted by Gasteiger charge is 2.30. The van der Waals surface area contributed by atoms with E-state index in [1.807, 2.05) is 12.1 Å². The lowest BCUT2D eigenvalue weighted by atomic mass is 10.1. The maximum Gasteiger partial charge on any atom is 0.416 e. The Hall–Kier alpha value is -2.22. The zero-order chi connectivity index (χ0) is 22.9. The monoisotopic (exact) mass is 465 g/mol. The number of halogens is 4.